The second-order valence-electron chi connectivity index (χ2n) is 3.70. The van der Waals surface area contributed by atoms with Crippen molar-refractivity contribution in [1.82, 2.24) is 4.98 Å². The van der Waals surface area contributed by atoms with E-state index in [1.165, 1.54) is 6.07 Å². The van der Waals surface area contributed by atoms with E-state index in [4.69, 9.17) is 10.5 Å². The molecule has 2 rings (SSSR count). The lowest BCUT2D eigenvalue weighted by Crippen LogP contribution is -2.00. The van der Waals surface area contributed by atoms with E-state index < -0.39 is 0 Å². The van der Waals surface area contributed by atoms with Crippen LogP contribution in [0.3, 0.4) is 0 Å². The summed E-state index contributed by atoms with van der Waals surface area (Å²) in [4.78, 5) is 3.97. The molecule has 0 aliphatic carbocycles. The van der Waals surface area contributed by atoms with Crippen molar-refractivity contribution in [1.29, 1.82) is 0 Å². The average molecular weight is 232 g/mol. The van der Waals surface area contributed by atoms with Crippen LogP contribution in [0.15, 0.2) is 36.7 Å². The molecule has 17 heavy (non-hydrogen) atoms. The monoisotopic (exact) mass is 232 g/mol. The minimum absolute atomic E-state index is 0.248. The number of hydrogen-bond acceptors (Lipinski definition) is 3. The number of aryl methyl sites for hydroxylation is 1. The van der Waals surface area contributed by atoms with Crippen molar-refractivity contribution < 1.29 is 9.13 Å². The summed E-state index contributed by atoms with van der Waals surface area (Å²) >= 11 is 0. The lowest BCUT2D eigenvalue weighted by Gasteiger charge is -2.09. The highest BCUT2D eigenvalue weighted by molar-refractivity contribution is 5.37. The minimum Gasteiger partial charge on any atom is -0.455 e. The fraction of sp³-hybridized carbons (Fsp3) is 0.154. The number of pyridine rings is 1. The van der Waals surface area contributed by atoms with Gasteiger partial charge in [0.2, 0.25) is 0 Å². The number of benzene rings is 1. The summed E-state index contributed by atoms with van der Waals surface area (Å²) in [6, 6.07) is 6.40. The molecule has 0 saturated carbocycles. The molecule has 0 amide bonds. The summed E-state index contributed by atoms with van der Waals surface area (Å²) in [5, 5.41) is 0. The second kappa shape index (κ2) is 4.93. The van der Waals surface area contributed by atoms with Crippen LogP contribution in [0, 0.1) is 12.7 Å². The number of halogens is 1. The molecule has 1 heterocycles. The fourth-order valence-electron chi connectivity index (χ4n) is 1.48. The highest BCUT2D eigenvalue weighted by Gasteiger charge is 2.05. The first-order valence-electron chi connectivity index (χ1n) is 5.27. The van der Waals surface area contributed by atoms with E-state index in [9.17, 15) is 4.39 Å². The SMILES string of the molecule is Cc1cc(Oc2cnccc2CN)ccc1F. The molecule has 0 bridgehead atoms. The van der Waals surface area contributed by atoms with E-state index >= 15 is 0 Å². The van der Waals surface area contributed by atoms with E-state index in [2.05, 4.69) is 4.98 Å². The molecule has 0 saturated heterocycles. The van der Waals surface area contributed by atoms with Gasteiger partial charge in [0, 0.05) is 18.3 Å². The fourth-order valence-corrected chi connectivity index (χ4v) is 1.48. The second-order valence-corrected chi connectivity index (χ2v) is 3.70. The molecule has 0 unspecified atom stereocenters. The molecule has 3 nitrogen and oxygen atoms in total. The normalized spacial score (nSPS) is 10.3. The molecule has 88 valence electrons. The molecule has 2 aromatic rings. The summed E-state index contributed by atoms with van der Waals surface area (Å²) in [5.74, 6) is 0.926. The van der Waals surface area contributed by atoms with Gasteiger partial charge in [-0.15, -0.1) is 0 Å². The van der Waals surface area contributed by atoms with Crippen molar-refractivity contribution in [2.24, 2.45) is 5.73 Å². The molecule has 1 aromatic heterocycles. The zero-order valence-electron chi connectivity index (χ0n) is 9.48. The topological polar surface area (TPSA) is 48.1 Å². The molecule has 0 radical (unpaired) electrons. The van der Waals surface area contributed by atoms with E-state index in [1.807, 2.05) is 0 Å². The first kappa shape index (κ1) is 11.5. The number of nitrogens with two attached hydrogens (primary N) is 1. The molecule has 0 spiro atoms. The molecule has 0 aliphatic heterocycles. The first-order chi connectivity index (χ1) is 8.20. The van der Waals surface area contributed by atoms with Crippen molar-refractivity contribution in [3.05, 3.63) is 53.6 Å². The van der Waals surface area contributed by atoms with Crippen LogP contribution in [-0.4, -0.2) is 4.98 Å². The number of rotatable bonds is 3. The quantitative estimate of drug-likeness (QED) is 0.885. The van der Waals surface area contributed by atoms with Gasteiger partial charge in [-0.3, -0.25) is 4.98 Å². The van der Waals surface area contributed by atoms with Gasteiger partial charge in [0.15, 0.2) is 0 Å². The van der Waals surface area contributed by atoms with Crippen LogP contribution < -0.4 is 10.5 Å². The van der Waals surface area contributed by atoms with Crippen LogP contribution in [0.5, 0.6) is 11.5 Å². The Labute approximate surface area is 99.1 Å². The molecule has 0 aliphatic rings. The highest BCUT2D eigenvalue weighted by atomic mass is 19.1. The van der Waals surface area contributed by atoms with Gasteiger partial charge in [-0.1, -0.05) is 0 Å². The van der Waals surface area contributed by atoms with Gasteiger partial charge in [0.05, 0.1) is 6.20 Å². The van der Waals surface area contributed by atoms with Gasteiger partial charge >= 0.3 is 0 Å². The predicted molar refractivity (Wildman–Crippen MR) is 63.3 cm³/mol. The number of nitrogens with zero attached hydrogens (tertiary/aromatic N) is 1. The van der Waals surface area contributed by atoms with Gasteiger partial charge in [-0.2, -0.15) is 0 Å². The van der Waals surface area contributed by atoms with E-state index in [1.54, 1.807) is 37.5 Å². The third kappa shape index (κ3) is 2.60. The molecule has 2 N–H and O–H groups in total. The maximum atomic E-state index is 13.1. The summed E-state index contributed by atoms with van der Waals surface area (Å²) < 4.78 is 18.7. The van der Waals surface area contributed by atoms with Crippen molar-refractivity contribution in [2.45, 2.75) is 13.5 Å². The Balaban J connectivity index is 2.28. The maximum absolute atomic E-state index is 13.1. The van der Waals surface area contributed by atoms with Gasteiger partial charge < -0.3 is 10.5 Å². The van der Waals surface area contributed by atoms with Crippen LogP contribution in [0.1, 0.15) is 11.1 Å². The Morgan fingerprint density at radius 3 is 2.88 bits per heavy atom. The lowest BCUT2D eigenvalue weighted by atomic mass is 10.2. The van der Waals surface area contributed by atoms with Gasteiger partial charge in [-0.05, 0) is 36.8 Å². The summed E-state index contributed by atoms with van der Waals surface area (Å²) in [6.07, 6.45) is 3.26. The van der Waals surface area contributed by atoms with Crippen molar-refractivity contribution in [3.63, 3.8) is 0 Å². The van der Waals surface area contributed by atoms with Gasteiger partial charge in [0.25, 0.3) is 0 Å². The predicted octanol–water partition coefficient (Wildman–Crippen LogP) is 2.78. The largest absolute Gasteiger partial charge is 0.455 e. The highest BCUT2D eigenvalue weighted by Crippen LogP contribution is 2.25. The minimum atomic E-state index is -0.248. The molecule has 0 fully saturated rings. The lowest BCUT2D eigenvalue weighted by molar-refractivity contribution is 0.471. The Bertz CT molecular complexity index is 529. The average Bonchev–Trinajstić information content (AvgIpc) is 2.34. The smallest absolute Gasteiger partial charge is 0.150 e. The molecule has 4 heteroatoms. The summed E-state index contributed by atoms with van der Waals surface area (Å²) in [6.45, 7) is 2.06. The van der Waals surface area contributed by atoms with Crippen molar-refractivity contribution >= 4 is 0 Å². The number of hydrogen-bond donors (Lipinski definition) is 1. The van der Waals surface area contributed by atoms with E-state index in [-0.39, 0.29) is 5.82 Å². The number of ether oxygens (including phenoxy) is 1. The van der Waals surface area contributed by atoms with Crippen LogP contribution in [0.2, 0.25) is 0 Å². The van der Waals surface area contributed by atoms with Crippen LogP contribution in [0.25, 0.3) is 0 Å². The molecule has 1 aromatic carbocycles. The molecular formula is C13H13FN2O. The Hall–Kier alpha value is -1.94. The van der Waals surface area contributed by atoms with Crippen LogP contribution >= 0.6 is 0 Å². The van der Waals surface area contributed by atoms with E-state index in [0.717, 1.165) is 5.56 Å². The third-order valence-corrected chi connectivity index (χ3v) is 2.45. The Morgan fingerprint density at radius 1 is 1.35 bits per heavy atom. The molecule has 0 atom stereocenters. The first-order valence-corrected chi connectivity index (χ1v) is 5.27. The van der Waals surface area contributed by atoms with Crippen molar-refractivity contribution in [3.8, 4) is 11.5 Å². The third-order valence-electron chi connectivity index (χ3n) is 2.45. The number of aromatic nitrogens is 1. The standard InChI is InChI=1S/C13H13FN2O/c1-9-6-11(2-3-12(9)14)17-13-8-16-5-4-10(13)7-15/h2-6,8H,7,15H2,1H3. The molecular weight excluding hydrogens is 219 g/mol. The summed E-state index contributed by atoms with van der Waals surface area (Å²) in [5.41, 5.74) is 7.00. The van der Waals surface area contributed by atoms with Crippen molar-refractivity contribution in [2.75, 3.05) is 0 Å². The zero-order chi connectivity index (χ0) is 12.3. The van der Waals surface area contributed by atoms with Crippen LogP contribution in [0.4, 0.5) is 4.39 Å². The summed E-state index contributed by atoms with van der Waals surface area (Å²) in [7, 11) is 0. The van der Waals surface area contributed by atoms with E-state index in [0.29, 0.717) is 23.6 Å². The maximum Gasteiger partial charge on any atom is 0.150 e. The zero-order valence-corrected chi connectivity index (χ0v) is 9.48. The Morgan fingerprint density at radius 2 is 2.18 bits per heavy atom. The van der Waals surface area contributed by atoms with Gasteiger partial charge in [-0.25, -0.2) is 4.39 Å². The Kier molecular flexibility index (Phi) is 3.35. The van der Waals surface area contributed by atoms with Gasteiger partial charge in [0.1, 0.15) is 17.3 Å². The van der Waals surface area contributed by atoms with Crippen LogP contribution in [-0.2, 0) is 6.54 Å².